The highest BCUT2D eigenvalue weighted by Gasteiger charge is 2.35. The molecule has 0 amide bonds. The van der Waals surface area contributed by atoms with Crippen molar-refractivity contribution in [2.24, 2.45) is 11.3 Å². The lowest BCUT2D eigenvalue weighted by Gasteiger charge is -2.41. The summed E-state index contributed by atoms with van der Waals surface area (Å²) in [5.41, 5.74) is 2.49. The summed E-state index contributed by atoms with van der Waals surface area (Å²) >= 11 is 0. The Balaban J connectivity index is 2.23. The molecule has 0 bridgehead atoms. The maximum atomic E-state index is 13.5. The highest BCUT2D eigenvalue weighted by atomic mass is 19.1. The Labute approximate surface area is 123 Å². The average Bonchev–Trinajstić information content (AvgIpc) is 2.40. The molecule has 2 atom stereocenters. The quantitative estimate of drug-likeness (QED) is 0.844. The average molecular weight is 277 g/mol. The van der Waals surface area contributed by atoms with Gasteiger partial charge in [-0.2, -0.15) is 0 Å². The number of aryl methyl sites for hydroxylation is 1. The van der Waals surface area contributed by atoms with Crippen molar-refractivity contribution in [1.82, 2.24) is 5.32 Å². The molecule has 1 aliphatic carbocycles. The van der Waals surface area contributed by atoms with Crippen molar-refractivity contribution in [1.29, 1.82) is 0 Å². The molecule has 2 unspecified atom stereocenters. The SMILES string of the molecule is CCNCC1CCC(C)(C)CC1c1ccc(F)c(C)c1. The Kier molecular flexibility index (Phi) is 4.85. The third-order valence-electron chi connectivity index (χ3n) is 4.80. The summed E-state index contributed by atoms with van der Waals surface area (Å²) in [6, 6.07) is 5.68. The molecule has 112 valence electrons. The topological polar surface area (TPSA) is 12.0 Å². The molecular weight excluding hydrogens is 249 g/mol. The van der Waals surface area contributed by atoms with E-state index in [-0.39, 0.29) is 5.82 Å². The van der Waals surface area contributed by atoms with Crippen LogP contribution in [0.4, 0.5) is 4.39 Å². The zero-order chi connectivity index (χ0) is 14.8. The van der Waals surface area contributed by atoms with Gasteiger partial charge in [-0.15, -0.1) is 0 Å². The van der Waals surface area contributed by atoms with Crippen molar-refractivity contribution in [2.45, 2.75) is 52.9 Å². The maximum Gasteiger partial charge on any atom is 0.126 e. The van der Waals surface area contributed by atoms with Crippen LogP contribution >= 0.6 is 0 Å². The standard InChI is InChI=1S/C18H28FN/c1-5-20-12-15-8-9-18(3,4)11-16(15)14-6-7-17(19)13(2)10-14/h6-7,10,15-16,20H,5,8-9,11-12H2,1-4H3. The van der Waals surface area contributed by atoms with Crippen molar-refractivity contribution in [3.05, 3.63) is 35.1 Å². The molecule has 2 rings (SSSR count). The summed E-state index contributed by atoms with van der Waals surface area (Å²) in [4.78, 5) is 0. The number of halogens is 1. The van der Waals surface area contributed by atoms with Gasteiger partial charge in [0.2, 0.25) is 0 Å². The zero-order valence-electron chi connectivity index (χ0n) is 13.3. The van der Waals surface area contributed by atoms with E-state index in [9.17, 15) is 4.39 Å². The Morgan fingerprint density at radius 1 is 1.35 bits per heavy atom. The molecule has 0 aromatic heterocycles. The first-order valence-corrected chi connectivity index (χ1v) is 7.90. The van der Waals surface area contributed by atoms with Crippen LogP contribution in [0.2, 0.25) is 0 Å². The Morgan fingerprint density at radius 3 is 2.75 bits per heavy atom. The number of nitrogens with one attached hydrogen (secondary N) is 1. The third kappa shape index (κ3) is 3.60. The van der Waals surface area contributed by atoms with E-state index in [1.54, 1.807) is 6.07 Å². The zero-order valence-corrected chi connectivity index (χ0v) is 13.3. The summed E-state index contributed by atoms with van der Waals surface area (Å²) < 4.78 is 13.5. The van der Waals surface area contributed by atoms with Crippen LogP contribution < -0.4 is 5.32 Å². The van der Waals surface area contributed by atoms with Gasteiger partial charge in [0.1, 0.15) is 5.82 Å². The van der Waals surface area contributed by atoms with Crippen molar-refractivity contribution in [3.63, 3.8) is 0 Å². The van der Waals surface area contributed by atoms with Gasteiger partial charge < -0.3 is 5.32 Å². The second-order valence-electron chi connectivity index (χ2n) is 7.09. The summed E-state index contributed by atoms with van der Waals surface area (Å²) in [6.07, 6.45) is 3.76. The van der Waals surface area contributed by atoms with Gasteiger partial charge in [-0.1, -0.05) is 32.9 Å². The molecule has 1 nitrogen and oxygen atoms in total. The van der Waals surface area contributed by atoms with Gasteiger partial charge in [-0.25, -0.2) is 4.39 Å². The molecule has 0 saturated heterocycles. The smallest absolute Gasteiger partial charge is 0.126 e. The fourth-order valence-corrected chi connectivity index (χ4v) is 3.50. The lowest BCUT2D eigenvalue weighted by molar-refractivity contribution is 0.160. The second kappa shape index (κ2) is 6.26. The number of hydrogen-bond acceptors (Lipinski definition) is 1. The molecule has 0 heterocycles. The summed E-state index contributed by atoms with van der Waals surface area (Å²) in [5.74, 6) is 1.14. The lowest BCUT2D eigenvalue weighted by atomic mass is 9.65. The third-order valence-corrected chi connectivity index (χ3v) is 4.80. The molecule has 2 heteroatoms. The van der Waals surface area contributed by atoms with E-state index < -0.39 is 0 Å². The van der Waals surface area contributed by atoms with Crippen LogP contribution in [0.25, 0.3) is 0 Å². The van der Waals surface area contributed by atoms with Gasteiger partial charge in [0.05, 0.1) is 0 Å². The minimum atomic E-state index is -0.0907. The molecule has 0 spiro atoms. The monoisotopic (exact) mass is 277 g/mol. The van der Waals surface area contributed by atoms with Crippen LogP contribution in [0.3, 0.4) is 0 Å². The van der Waals surface area contributed by atoms with E-state index in [0.717, 1.165) is 18.7 Å². The molecule has 0 radical (unpaired) electrons. The molecule has 20 heavy (non-hydrogen) atoms. The number of rotatable bonds is 4. The second-order valence-corrected chi connectivity index (χ2v) is 7.09. The first-order valence-electron chi connectivity index (χ1n) is 7.90. The van der Waals surface area contributed by atoms with Gasteiger partial charge in [-0.05, 0) is 73.7 Å². The minimum Gasteiger partial charge on any atom is -0.317 e. The van der Waals surface area contributed by atoms with Crippen molar-refractivity contribution >= 4 is 0 Å². The molecule has 1 aliphatic rings. The van der Waals surface area contributed by atoms with E-state index in [4.69, 9.17) is 0 Å². The van der Waals surface area contributed by atoms with Crippen LogP contribution in [-0.4, -0.2) is 13.1 Å². The van der Waals surface area contributed by atoms with Crippen LogP contribution in [0.5, 0.6) is 0 Å². The predicted octanol–water partition coefficient (Wildman–Crippen LogP) is 4.65. The predicted molar refractivity (Wildman–Crippen MR) is 83.5 cm³/mol. The van der Waals surface area contributed by atoms with Gasteiger partial charge in [0.15, 0.2) is 0 Å². The molecule has 1 aromatic rings. The van der Waals surface area contributed by atoms with Crippen LogP contribution in [0.15, 0.2) is 18.2 Å². The molecular formula is C18H28FN. The van der Waals surface area contributed by atoms with Gasteiger partial charge in [0, 0.05) is 0 Å². The fraction of sp³-hybridized carbons (Fsp3) is 0.667. The molecule has 1 saturated carbocycles. The van der Waals surface area contributed by atoms with Crippen molar-refractivity contribution in [2.75, 3.05) is 13.1 Å². The summed E-state index contributed by atoms with van der Waals surface area (Å²) in [6.45, 7) is 10.8. The van der Waals surface area contributed by atoms with Crippen LogP contribution in [0.1, 0.15) is 57.1 Å². The van der Waals surface area contributed by atoms with E-state index in [0.29, 0.717) is 17.3 Å². The largest absolute Gasteiger partial charge is 0.317 e. The minimum absolute atomic E-state index is 0.0907. The lowest BCUT2D eigenvalue weighted by Crippen LogP contribution is -2.34. The molecule has 1 aromatic carbocycles. The summed E-state index contributed by atoms with van der Waals surface area (Å²) in [7, 11) is 0. The normalized spacial score (nSPS) is 25.6. The van der Waals surface area contributed by atoms with Crippen LogP contribution in [0, 0.1) is 24.1 Å². The Bertz CT molecular complexity index is 453. The van der Waals surface area contributed by atoms with Gasteiger partial charge >= 0.3 is 0 Å². The van der Waals surface area contributed by atoms with Crippen molar-refractivity contribution < 1.29 is 4.39 Å². The van der Waals surface area contributed by atoms with E-state index in [2.05, 4.69) is 32.2 Å². The van der Waals surface area contributed by atoms with Crippen LogP contribution in [-0.2, 0) is 0 Å². The Morgan fingerprint density at radius 2 is 2.10 bits per heavy atom. The van der Waals surface area contributed by atoms with Gasteiger partial charge in [-0.3, -0.25) is 0 Å². The first-order chi connectivity index (χ1) is 9.43. The van der Waals surface area contributed by atoms with E-state index in [1.807, 2.05) is 13.0 Å². The maximum absolute atomic E-state index is 13.5. The van der Waals surface area contributed by atoms with E-state index in [1.165, 1.54) is 24.8 Å². The van der Waals surface area contributed by atoms with Gasteiger partial charge in [0.25, 0.3) is 0 Å². The number of hydrogen-bond donors (Lipinski definition) is 1. The van der Waals surface area contributed by atoms with E-state index >= 15 is 0 Å². The molecule has 0 aliphatic heterocycles. The first kappa shape index (κ1) is 15.5. The Hall–Kier alpha value is -0.890. The highest BCUT2D eigenvalue weighted by Crippen LogP contribution is 2.46. The molecule has 1 fully saturated rings. The summed E-state index contributed by atoms with van der Waals surface area (Å²) in [5, 5.41) is 3.50. The molecule has 1 N–H and O–H groups in total. The highest BCUT2D eigenvalue weighted by molar-refractivity contribution is 5.28. The fourth-order valence-electron chi connectivity index (χ4n) is 3.50. The van der Waals surface area contributed by atoms with Crippen molar-refractivity contribution in [3.8, 4) is 0 Å². The number of benzene rings is 1.